The second-order valence-electron chi connectivity index (χ2n) is 5.80. The third-order valence-electron chi connectivity index (χ3n) is 4.28. The number of nitrogens with zero attached hydrogens (tertiary/aromatic N) is 2. The summed E-state index contributed by atoms with van der Waals surface area (Å²) in [5.74, 6) is 0.544. The summed E-state index contributed by atoms with van der Waals surface area (Å²) in [6.45, 7) is -2.95. The number of hydrogen-bond acceptors (Lipinski definition) is 3. The number of aliphatic hydroxyl groups excluding tert-OH is 1. The molecule has 0 spiro atoms. The van der Waals surface area contributed by atoms with E-state index in [0.29, 0.717) is 22.8 Å². The Kier molecular flexibility index (Phi) is 4.17. The molecule has 0 aliphatic carbocycles. The van der Waals surface area contributed by atoms with E-state index in [2.05, 4.69) is 25.7 Å². The lowest BCUT2D eigenvalue weighted by Gasteiger charge is -2.19. The fourth-order valence-corrected chi connectivity index (χ4v) is 3.85. The summed E-state index contributed by atoms with van der Waals surface area (Å²) >= 11 is 9.50. The van der Waals surface area contributed by atoms with Gasteiger partial charge in [-0.05, 0) is 36.4 Å². The molecule has 4 nitrogen and oxygen atoms in total. The van der Waals surface area contributed by atoms with Crippen molar-refractivity contribution in [3.05, 3.63) is 57.3 Å². The maximum Gasteiger partial charge on any atom is 0.387 e. The lowest BCUT2D eigenvalue weighted by molar-refractivity contribution is -0.0507. The van der Waals surface area contributed by atoms with Gasteiger partial charge in [-0.15, -0.1) is 0 Å². The van der Waals surface area contributed by atoms with Crippen LogP contribution in [0.4, 0.5) is 8.78 Å². The Morgan fingerprint density at radius 1 is 1.28 bits per heavy atom. The highest BCUT2D eigenvalue weighted by Crippen LogP contribution is 2.44. The molecule has 0 fully saturated rings. The molecular weight excluding hydrogens is 418 g/mol. The van der Waals surface area contributed by atoms with Crippen molar-refractivity contribution in [1.29, 1.82) is 0 Å². The van der Waals surface area contributed by atoms with Gasteiger partial charge in [0.2, 0.25) is 0 Å². The molecule has 1 aliphatic heterocycles. The molecule has 4 rings (SSSR count). The van der Waals surface area contributed by atoms with Crippen LogP contribution in [0.25, 0.3) is 11.0 Å². The number of alkyl halides is 2. The highest BCUT2D eigenvalue weighted by atomic mass is 79.9. The molecule has 2 heterocycles. The molecule has 2 unspecified atom stereocenters. The standard InChI is InChI=1S/C17H12BrClF2N2O2/c18-8-1-3-11-13(5-8)23-12(7-14(24)16(23)22-11)10-6-9(19)2-4-15(10)25-17(20)21/h1-6,12,14,17,24H,7H2. The average molecular weight is 430 g/mol. The first kappa shape index (κ1) is 16.8. The minimum Gasteiger partial charge on any atom is -0.434 e. The van der Waals surface area contributed by atoms with Crippen LogP contribution in [0.15, 0.2) is 40.9 Å². The van der Waals surface area contributed by atoms with Crippen LogP contribution in [0.3, 0.4) is 0 Å². The Balaban J connectivity index is 1.91. The topological polar surface area (TPSA) is 47.3 Å². The third kappa shape index (κ3) is 2.90. The van der Waals surface area contributed by atoms with Gasteiger partial charge in [0.1, 0.15) is 17.7 Å². The smallest absolute Gasteiger partial charge is 0.387 e. The zero-order chi connectivity index (χ0) is 17.7. The van der Waals surface area contributed by atoms with Crippen molar-refractivity contribution in [3.8, 4) is 5.75 Å². The number of fused-ring (bicyclic) bond motifs is 3. The van der Waals surface area contributed by atoms with E-state index in [-0.39, 0.29) is 5.75 Å². The molecule has 2 atom stereocenters. The summed E-state index contributed by atoms with van der Waals surface area (Å²) in [7, 11) is 0. The van der Waals surface area contributed by atoms with Gasteiger partial charge in [0, 0.05) is 21.5 Å². The highest BCUT2D eigenvalue weighted by molar-refractivity contribution is 9.10. The number of halogens is 4. The molecule has 0 bridgehead atoms. The Hall–Kier alpha value is -1.70. The van der Waals surface area contributed by atoms with Gasteiger partial charge in [-0.25, -0.2) is 4.98 Å². The highest BCUT2D eigenvalue weighted by Gasteiger charge is 2.35. The molecule has 3 aromatic rings. The molecule has 0 saturated heterocycles. The molecule has 0 amide bonds. The zero-order valence-electron chi connectivity index (χ0n) is 12.7. The molecule has 8 heteroatoms. The number of hydrogen-bond donors (Lipinski definition) is 1. The first-order valence-electron chi connectivity index (χ1n) is 7.53. The number of rotatable bonds is 3. The number of aromatic nitrogens is 2. The number of imidazole rings is 1. The minimum atomic E-state index is -2.95. The first-order valence-corrected chi connectivity index (χ1v) is 8.71. The van der Waals surface area contributed by atoms with Crippen LogP contribution in [0.2, 0.25) is 5.02 Å². The summed E-state index contributed by atoms with van der Waals surface area (Å²) in [5, 5.41) is 10.8. The van der Waals surface area contributed by atoms with Crippen LogP contribution in [0.5, 0.6) is 5.75 Å². The van der Waals surface area contributed by atoms with Crippen LogP contribution < -0.4 is 4.74 Å². The lowest BCUT2D eigenvalue weighted by atomic mass is 10.0. The van der Waals surface area contributed by atoms with Crippen LogP contribution in [0, 0.1) is 0 Å². The van der Waals surface area contributed by atoms with Gasteiger partial charge in [0.15, 0.2) is 0 Å². The van der Waals surface area contributed by atoms with Crippen molar-refractivity contribution in [2.75, 3.05) is 0 Å². The summed E-state index contributed by atoms with van der Waals surface area (Å²) < 4.78 is 32.9. The van der Waals surface area contributed by atoms with E-state index in [9.17, 15) is 13.9 Å². The Bertz CT molecular complexity index is 963. The summed E-state index contributed by atoms with van der Waals surface area (Å²) in [5.41, 5.74) is 2.01. The van der Waals surface area contributed by atoms with Crippen molar-refractivity contribution in [2.24, 2.45) is 0 Å². The van der Waals surface area contributed by atoms with Gasteiger partial charge < -0.3 is 14.4 Å². The van der Waals surface area contributed by atoms with E-state index in [1.165, 1.54) is 12.1 Å². The largest absolute Gasteiger partial charge is 0.434 e. The maximum atomic E-state index is 12.8. The third-order valence-corrected chi connectivity index (χ3v) is 5.01. The van der Waals surface area contributed by atoms with Crippen LogP contribution in [0.1, 0.15) is 30.0 Å². The van der Waals surface area contributed by atoms with Crippen LogP contribution in [-0.4, -0.2) is 21.3 Å². The normalized spacial score (nSPS) is 19.6. The van der Waals surface area contributed by atoms with Gasteiger partial charge in [-0.1, -0.05) is 27.5 Å². The number of benzene rings is 2. The van der Waals surface area contributed by atoms with Crippen LogP contribution >= 0.6 is 27.5 Å². The molecule has 130 valence electrons. The number of ether oxygens (including phenoxy) is 1. The molecule has 0 saturated carbocycles. The maximum absolute atomic E-state index is 12.8. The van der Waals surface area contributed by atoms with E-state index in [0.717, 1.165) is 15.5 Å². The van der Waals surface area contributed by atoms with Crippen molar-refractivity contribution in [3.63, 3.8) is 0 Å². The number of aliphatic hydroxyl groups is 1. The molecule has 1 aromatic heterocycles. The average Bonchev–Trinajstić information content (AvgIpc) is 3.07. The predicted molar refractivity (Wildman–Crippen MR) is 93.2 cm³/mol. The van der Waals surface area contributed by atoms with E-state index < -0.39 is 18.8 Å². The second-order valence-corrected chi connectivity index (χ2v) is 7.15. The van der Waals surface area contributed by atoms with E-state index >= 15 is 0 Å². The monoisotopic (exact) mass is 428 g/mol. The van der Waals surface area contributed by atoms with E-state index in [4.69, 9.17) is 11.6 Å². The van der Waals surface area contributed by atoms with Crippen molar-refractivity contribution in [1.82, 2.24) is 9.55 Å². The Labute approximate surface area is 155 Å². The predicted octanol–water partition coefficient (Wildman–Crippen LogP) is 5.08. The molecule has 1 aliphatic rings. The summed E-state index contributed by atoms with van der Waals surface area (Å²) in [4.78, 5) is 4.47. The van der Waals surface area contributed by atoms with Crippen molar-refractivity contribution >= 4 is 38.6 Å². The quantitative estimate of drug-likeness (QED) is 0.631. The van der Waals surface area contributed by atoms with E-state index in [1.54, 1.807) is 6.07 Å². The molecule has 25 heavy (non-hydrogen) atoms. The Morgan fingerprint density at radius 3 is 2.84 bits per heavy atom. The van der Waals surface area contributed by atoms with Gasteiger partial charge in [-0.3, -0.25) is 0 Å². The minimum absolute atomic E-state index is 0.0429. The van der Waals surface area contributed by atoms with Gasteiger partial charge >= 0.3 is 6.61 Å². The second kappa shape index (κ2) is 6.23. The van der Waals surface area contributed by atoms with Gasteiger partial charge in [0.05, 0.1) is 17.1 Å². The van der Waals surface area contributed by atoms with Gasteiger partial charge in [-0.2, -0.15) is 8.78 Å². The summed E-state index contributed by atoms with van der Waals surface area (Å²) in [6.07, 6.45) is -0.486. The van der Waals surface area contributed by atoms with Gasteiger partial charge in [0.25, 0.3) is 0 Å². The SMILES string of the molecule is OC1CC(c2cc(Cl)ccc2OC(F)F)n2c1nc1ccc(Br)cc12. The van der Waals surface area contributed by atoms with Crippen LogP contribution in [-0.2, 0) is 0 Å². The fraction of sp³-hybridized carbons (Fsp3) is 0.235. The fourth-order valence-electron chi connectivity index (χ4n) is 3.32. The van der Waals surface area contributed by atoms with E-state index in [1.807, 2.05) is 22.8 Å². The van der Waals surface area contributed by atoms with Crippen molar-refractivity contribution < 1.29 is 18.6 Å². The molecule has 1 N–H and O–H groups in total. The Morgan fingerprint density at radius 2 is 2.08 bits per heavy atom. The molecular formula is C17H12BrClF2N2O2. The molecule has 0 radical (unpaired) electrons. The zero-order valence-corrected chi connectivity index (χ0v) is 15.0. The molecule has 2 aromatic carbocycles. The first-order chi connectivity index (χ1) is 11.9. The lowest BCUT2D eigenvalue weighted by Crippen LogP contribution is -2.10. The van der Waals surface area contributed by atoms with Crippen molar-refractivity contribution in [2.45, 2.75) is 25.2 Å². The summed E-state index contributed by atoms with van der Waals surface area (Å²) in [6, 6.07) is 9.68.